The molecular weight excluding hydrogens is 582 g/mol. The van der Waals surface area contributed by atoms with Crippen molar-refractivity contribution in [3.8, 4) is 22.8 Å². The zero-order chi connectivity index (χ0) is 31.5. The van der Waals surface area contributed by atoms with Gasteiger partial charge < -0.3 is 33.5 Å². The van der Waals surface area contributed by atoms with Crippen LogP contribution in [0.25, 0.3) is 11.3 Å². The van der Waals surface area contributed by atoms with Gasteiger partial charge in [0, 0.05) is 63.3 Å². The molecule has 1 fully saturated rings. The van der Waals surface area contributed by atoms with Crippen LogP contribution in [-0.4, -0.2) is 76.6 Å². The van der Waals surface area contributed by atoms with Crippen LogP contribution in [-0.2, 0) is 31.3 Å². The molecule has 12 nitrogen and oxygen atoms in total. The Hall–Kier alpha value is -5.23. The number of nitrogens with zero attached hydrogens (tertiary/aromatic N) is 9. The molecule has 0 radical (unpaired) electrons. The second-order valence-electron chi connectivity index (χ2n) is 11.4. The number of morpholine rings is 1. The number of aromatic nitrogens is 6. The van der Waals surface area contributed by atoms with Crippen molar-refractivity contribution in [3.63, 3.8) is 0 Å². The van der Waals surface area contributed by atoms with Crippen LogP contribution in [0.4, 0.5) is 23.5 Å². The second kappa shape index (κ2) is 13.0. The van der Waals surface area contributed by atoms with E-state index in [4.69, 9.17) is 34.1 Å². The lowest BCUT2D eigenvalue weighted by Gasteiger charge is -2.28. The van der Waals surface area contributed by atoms with Gasteiger partial charge in [0.25, 0.3) is 0 Å². The van der Waals surface area contributed by atoms with E-state index in [9.17, 15) is 0 Å². The molecule has 5 heterocycles. The molecule has 0 N–H and O–H groups in total. The number of aryl methyl sites for hydroxylation is 1. The van der Waals surface area contributed by atoms with Crippen LogP contribution < -0.4 is 24.2 Å². The van der Waals surface area contributed by atoms with Crippen LogP contribution in [0, 0.1) is 0 Å². The molecule has 0 atom stereocenters. The fraction of sp³-hybridized carbons (Fsp3) is 0.324. The molecule has 0 amide bonds. The van der Waals surface area contributed by atoms with Crippen molar-refractivity contribution in [2.45, 2.75) is 19.5 Å². The summed E-state index contributed by atoms with van der Waals surface area (Å²) in [6, 6.07) is 16.2. The van der Waals surface area contributed by atoms with Gasteiger partial charge in [-0.2, -0.15) is 4.98 Å². The third-order valence-corrected chi connectivity index (χ3v) is 8.44. The number of anilines is 4. The highest BCUT2D eigenvalue weighted by Crippen LogP contribution is 2.39. The van der Waals surface area contributed by atoms with Crippen LogP contribution in [0.3, 0.4) is 0 Å². The first kappa shape index (κ1) is 29.5. The fourth-order valence-corrected chi connectivity index (χ4v) is 5.93. The molecular formula is C34H37N9O3. The number of ether oxygens (including phenoxy) is 3. The van der Waals surface area contributed by atoms with E-state index in [2.05, 4.69) is 43.9 Å². The molecule has 0 spiro atoms. The van der Waals surface area contributed by atoms with Crippen molar-refractivity contribution in [3.05, 3.63) is 90.1 Å². The maximum absolute atomic E-state index is 5.61. The summed E-state index contributed by atoms with van der Waals surface area (Å²) in [6.45, 7) is 4.82. The van der Waals surface area contributed by atoms with E-state index in [-0.39, 0.29) is 0 Å². The Kier molecular flexibility index (Phi) is 8.34. The van der Waals surface area contributed by atoms with Crippen molar-refractivity contribution in [2.75, 3.05) is 61.8 Å². The molecule has 7 rings (SSSR count). The summed E-state index contributed by atoms with van der Waals surface area (Å²) in [5.74, 6) is 4.86. The standard InChI is InChI=1S/C34H37N9O3/c1-40-23-35-20-30(40)43-13-12-29-31(38-34(39-32(29)43)41-14-16-46-17-15-41)26-18-36-33(37-19-26)42(21-24-4-8-27(44-2)9-5-24)22-25-6-10-28(45-3)11-7-25/h4-11,18-20,23H,12-17,21-22H2,1-3H3. The third-order valence-electron chi connectivity index (χ3n) is 8.44. The monoisotopic (exact) mass is 619 g/mol. The van der Waals surface area contributed by atoms with E-state index in [0.717, 1.165) is 77.1 Å². The van der Waals surface area contributed by atoms with Crippen LogP contribution in [0.2, 0.25) is 0 Å². The summed E-state index contributed by atoms with van der Waals surface area (Å²) in [5, 5.41) is 0. The SMILES string of the molecule is COc1ccc(CN(Cc2ccc(OC)cc2)c2ncc(-c3nc(N4CCOCC4)nc4c3CCN4c3cncn3C)cn2)cc1. The van der Waals surface area contributed by atoms with E-state index in [1.165, 1.54) is 0 Å². The summed E-state index contributed by atoms with van der Waals surface area (Å²) in [7, 11) is 5.35. The first-order valence-corrected chi connectivity index (χ1v) is 15.4. The van der Waals surface area contributed by atoms with Crippen molar-refractivity contribution in [2.24, 2.45) is 7.05 Å². The zero-order valence-electron chi connectivity index (χ0n) is 26.3. The fourth-order valence-electron chi connectivity index (χ4n) is 5.93. The van der Waals surface area contributed by atoms with Gasteiger partial charge >= 0.3 is 0 Å². The van der Waals surface area contributed by atoms with E-state index in [1.807, 2.05) is 60.8 Å². The largest absolute Gasteiger partial charge is 0.497 e. The number of hydrogen-bond acceptors (Lipinski definition) is 11. The Balaban J connectivity index is 1.23. The topological polar surface area (TPSA) is 107 Å². The zero-order valence-corrected chi connectivity index (χ0v) is 26.3. The minimum absolute atomic E-state index is 0.624. The smallest absolute Gasteiger partial charge is 0.228 e. The molecule has 5 aromatic rings. The summed E-state index contributed by atoms with van der Waals surface area (Å²) >= 11 is 0. The molecule has 12 heteroatoms. The first-order chi connectivity index (χ1) is 22.6. The summed E-state index contributed by atoms with van der Waals surface area (Å²) in [4.78, 5) is 30.9. The number of hydrogen-bond donors (Lipinski definition) is 0. The Labute approximate surface area is 268 Å². The second-order valence-corrected chi connectivity index (χ2v) is 11.4. The van der Waals surface area contributed by atoms with Crippen LogP contribution in [0.1, 0.15) is 16.7 Å². The highest BCUT2D eigenvalue weighted by molar-refractivity contribution is 5.75. The van der Waals surface area contributed by atoms with Crippen LogP contribution in [0.15, 0.2) is 73.4 Å². The van der Waals surface area contributed by atoms with E-state index in [0.29, 0.717) is 38.2 Å². The van der Waals surface area contributed by atoms with Gasteiger partial charge in [0.2, 0.25) is 11.9 Å². The molecule has 2 aliphatic heterocycles. The number of methoxy groups -OCH3 is 2. The normalized spacial score (nSPS) is 14.3. The molecule has 2 aromatic carbocycles. The van der Waals surface area contributed by atoms with E-state index < -0.39 is 0 Å². The van der Waals surface area contributed by atoms with E-state index >= 15 is 0 Å². The highest BCUT2D eigenvalue weighted by Gasteiger charge is 2.30. The van der Waals surface area contributed by atoms with E-state index in [1.54, 1.807) is 14.2 Å². The Morgan fingerprint density at radius 3 is 2.00 bits per heavy atom. The molecule has 0 saturated carbocycles. The summed E-state index contributed by atoms with van der Waals surface area (Å²) in [6.07, 6.45) is 8.27. The minimum Gasteiger partial charge on any atom is -0.497 e. The first-order valence-electron chi connectivity index (χ1n) is 15.4. The predicted octanol–water partition coefficient (Wildman–Crippen LogP) is 4.42. The maximum atomic E-state index is 5.61. The molecule has 2 aliphatic rings. The quantitative estimate of drug-likeness (QED) is 0.222. The van der Waals surface area contributed by atoms with Gasteiger partial charge in [0.1, 0.15) is 23.1 Å². The predicted molar refractivity (Wildman–Crippen MR) is 176 cm³/mol. The van der Waals surface area contributed by atoms with Gasteiger partial charge in [-0.3, -0.25) is 0 Å². The van der Waals surface area contributed by atoms with Crippen molar-refractivity contribution in [1.29, 1.82) is 0 Å². The van der Waals surface area contributed by atoms with Crippen molar-refractivity contribution < 1.29 is 14.2 Å². The molecule has 0 unspecified atom stereocenters. The summed E-state index contributed by atoms with van der Waals surface area (Å²) in [5.41, 5.74) is 5.06. The van der Waals surface area contributed by atoms with Gasteiger partial charge in [-0.15, -0.1) is 0 Å². The Morgan fingerprint density at radius 1 is 0.804 bits per heavy atom. The van der Waals surface area contributed by atoms with Gasteiger partial charge in [-0.25, -0.2) is 19.9 Å². The molecule has 0 aliphatic carbocycles. The average molecular weight is 620 g/mol. The summed E-state index contributed by atoms with van der Waals surface area (Å²) < 4.78 is 18.4. The van der Waals surface area contributed by atoms with Crippen LogP contribution in [0.5, 0.6) is 11.5 Å². The number of imidazole rings is 1. The number of benzene rings is 2. The third kappa shape index (κ3) is 6.03. The lowest BCUT2D eigenvalue weighted by atomic mass is 10.1. The minimum atomic E-state index is 0.624. The lowest BCUT2D eigenvalue weighted by molar-refractivity contribution is 0.122. The van der Waals surface area contributed by atoms with Gasteiger partial charge in [0.05, 0.1) is 45.7 Å². The highest BCUT2D eigenvalue weighted by atomic mass is 16.5. The maximum Gasteiger partial charge on any atom is 0.228 e. The van der Waals surface area contributed by atoms with Crippen molar-refractivity contribution >= 4 is 23.5 Å². The molecule has 3 aromatic heterocycles. The molecule has 0 bridgehead atoms. The molecule has 236 valence electrons. The molecule has 1 saturated heterocycles. The number of rotatable bonds is 10. The molecule has 46 heavy (non-hydrogen) atoms. The van der Waals surface area contributed by atoms with Crippen LogP contribution >= 0.6 is 0 Å². The van der Waals surface area contributed by atoms with Gasteiger partial charge in [-0.1, -0.05) is 24.3 Å². The van der Waals surface area contributed by atoms with Crippen molar-refractivity contribution in [1.82, 2.24) is 29.5 Å². The number of fused-ring (bicyclic) bond motifs is 1. The van der Waals surface area contributed by atoms with Gasteiger partial charge in [0.15, 0.2) is 0 Å². The lowest BCUT2D eigenvalue weighted by Crippen LogP contribution is -2.37. The Bertz CT molecular complexity index is 1720. The average Bonchev–Trinajstić information content (AvgIpc) is 3.74. The van der Waals surface area contributed by atoms with Gasteiger partial charge in [-0.05, 0) is 41.8 Å². The Morgan fingerprint density at radius 2 is 1.43 bits per heavy atom.